The highest BCUT2D eigenvalue weighted by atomic mass is 16.5. The summed E-state index contributed by atoms with van der Waals surface area (Å²) in [4.78, 5) is 4.22. The number of imidazole rings is 1. The highest BCUT2D eigenvalue weighted by Gasteiger charge is 2.13. The Balaban J connectivity index is 2.35. The highest BCUT2D eigenvalue weighted by Crippen LogP contribution is 2.24. The topological polar surface area (TPSA) is 76.9 Å². The summed E-state index contributed by atoms with van der Waals surface area (Å²) >= 11 is 0. The molecule has 2 rings (SSSR count). The molecule has 1 aromatic carbocycles. The lowest BCUT2D eigenvalue weighted by atomic mass is 10.2. The lowest BCUT2D eigenvalue weighted by Crippen LogP contribution is -2.05. The van der Waals surface area contributed by atoms with Crippen LogP contribution in [0.25, 0.3) is 11.4 Å². The first-order chi connectivity index (χ1) is 9.02. The molecule has 2 N–H and O–H groups in total. The summed E-state index contributed by atoms with van der Waals surface area (Å²) in [5.74, 6) is 1.85. The molecule has 5 heteroatoms. The van der Waals surface area contributed by atoms with Gasteiger partial charge in [0, 0.05) is 12.6 Å². The van der Waals surface area contributed by atoms with Crippen molar-refractivity contribution >= 4 is 5.82 Å². The molecule has 0 unspecified atom stereocenters. The average Bonchev–Trinajstić information content (AvgIpc) is 2.66. The molecular weight excluding hydrogens is 240 g/mol. The van der Waals surface area contributed by atoms with Crippen LogP contribution in [-0.2, 0) is 7.05 Å². The van der Waals surface area contributed by atoms with E-state index in [1.54, 1.807) is 11.6 Å². The molecule has 1 aromatic heterocycles. The number of anilines is 1. The van der Waals surface area contributed by atoms with Crippen molar-refractivity contribution in [2.45, 2.75) is 20.0 Å². The van der Waals surface area contributed by atoms with Crippen LogP contribution in [0.15, 0.2) is 24.3 Å². The van der Waals surface area contributed by atoms with Gasteiger partial charge in [-0.3, -0.25) is 0 Å². The monoisotopic (exact) mass is 256 g/mol. The van der Waals surface area contributed by atoms with Crippen molar-refractivity contribution in [3.63, 3.8) is 0 Å². The molecule has 2 aromatic rings. The quantitative estimate of drug-likeness (QED) is 0.914. The number of nitriles is 1. The fourth-order valence-corrected chi connectivity index (χ4v) is 1.81. The van der Waals surface area contributed by atoms with Crippen molar-refractivity contribution in [1.29, 1.82) is 5.26 Å². The molecule has 0 amide bonds. The van der Waals surface area contributed by atoms with Gasteiger partial charge in [0.2, 0.25) is 0 Å². The number of hydrogen-bond acceptors (Lipinski definition) is 4. The Kier molecular flexibility index (Phi) is 3.43. The van der Waals surface area contributed by atoms with E-state index in [1.165, 1.54) is 0 Å². The molecule has 0 spiro atoms. The molecule has 1 heterocycles. The minimum atomic E-state index is 0.139. The maximum atomic E-state index is 8.92. The average molecular weight is 256 g/mol. The molecule has 5 nitrogen and oxygen atoms in total. The smallest absolute Gasteiger partial charge is 0.183 e. The van der Waals surface area contributed by atoms with Crippen molar-refractivity contribution < 1.29 is 4.74 Å². The molecule has 0 fully saturated rings. The van der Waals surface area contributed by atoms with E-state index in [1.807, 2.05) is 44.2 Å². The van der Waals surface area contributed by atoms with Gasteiger partial charge in [-0.25, -0.2) is 4.98 Å². The van der Waals surface area contributed by atoms with E-state index >= 15 is 0 Å². The Morgan fingerprint density at radius 2 is 1.95 bits per heavy atom. The van der Waals surface area contributed by atoms with E-state index in [2.05, 4.69) is 4.98 Å². The maximum Gasteiger partial charge on any atom is 0.183 e. The Bertz CT molecular complexity index is 620. The molecule has 0 bridgehead atoms. The molecule has 0 radical (unpaired) electrons. The molecule has 0 aliphatic rings. The van der Waals surface area contributed by atoms with E-state index in [0.29, 0.717) is 11.6 Å². The summed E-state index contributed by atoms with van der Waals surface area (Å²) in [5.41, 5.74) is 6.95. The summed E-state index contributed by atoms with van der Waals surface area (Å²) in [6.45, 7) is 3.96. The van der Waals surface area contributed by atoms with Crippen LogP contribution < -0.4 is 10.5 Å². The zero-order valence-corrected chi connectivity index (χ0v) is 11.2. The number of nitrogen functional groups attached to an aromatic ring is 1. The van der Waals surface area contributed by atoms with Crippen LogP contribution >= 0.6 is 0 Å². The summed E-state index contributed by atoms with van der Waals surface area (Å²) in [6, 6.07) is 9.55. The Hall–Kier alpha value is -2.48. The van der Waals surface area contributed by atoms with Gasteiger partial charge in [0.15, 0.2) is 5.69 Å². The number of nitrogens with two attached hydrogens (primary N) is 1. The van der Waals surface area contributed by atoms with Crippen LogP contribution in [0.5, 0.6) is 5.75 Å². The van der Waals surface area contributed by atoms with Crippen LogP contribution in [0, 0.1) is 11.3 Å². The second kappa shape index (κ2) is 5.02. The van der Waals surface area contributed by atoms with Crippen molar-refractivity contribution in [3.8, 4) is 23.2 Å². The normalized spacial score (nSPS) is 10.5. The van der Waals surface area contributed by atoms with Crippen molar-refractivity contribution in [2.24, 2.45) is 7.05 Å². The number of benzene rings is 1. The second-order valence-corrected chi connectivity index (χ2v) is 4.53. The molecular formula is C14H16N4O. The number of aromatic nitrogens is 2. The minimum Gasteiger partial charge on any atom is -0.491 e. The molecule has 98 valence electrons. The van der Waals surface area contributed by atoms with Crippen molar-refractivity contribution in [3.05, 3.63) is 30.0 Å². The third-order valence-corrected chi connectivity index (χ3v) is 2.73. The maximum absolute atomic E-state index is 8.92. The third kappa shape index (κ3) is 2.52. The van der Waals surface area contributed by atoms with Crippen molar-refractivity contribution in [2.75, 3.05) is 5.73 Å². The van der Waals surface area contributed by atoms with Gasteiger partial charge in [0.25, 0.3) is 0 Å². The van der Waals surface area contributed by atoms with Crippen LogP contribution in [0.3, 0.4) is 0 Å². The van der Waals surface area contributed by atoms with Crippen LogP contribution in [0.2, 0.25) is 0 Å². The van der Waals surface area contributed by atoms with E-state index < -0.39 is 0 Å². The number of nitrogens with zero attached hydrogens (tertiary/aromatic N) is 3. The molecule has 19 heavy (non-hydrogen) atoms. The fourth-order valence-electron chi connectivity index (χ4n) is 1.81. The van der Waals surface area contributed by atoms with E-state index in [4.69, 9.17) is 15.7 Å². The first kappa shape index (κ1) is 13.0. The Morgan fingerprint density at radius 1 is 1.32 bits per heavy atom. The predicted octanol–water partition coefficient (Wildman–Crippen LogP) is 2.33. The largest absolute Gasteiger partial charge is 0.491 e. The lowest BCUT2D eigenvalue weighted by Gasteiger charge is -2.10. The van der Waals surface area contributed by atoms with Gasteiger partial charge in [-0.15, -0.1) is 0 Å². The fraction of sp³-hybridized carbons (Fsp3) is 0.286. The van der Waals surface area contributed by atoms with Gasteiger partial charge >= 0.3 is 0 Å². The molecule has 0 saturated carbocycles. The number of rotatable bonds is 3. The van der Waals surface area contributed by atoms with Gasteiger partial charge in [0.1, 0.15) is 23.5 Å². The van der Waals surface area contributed by atoms with Crippen LogP contribution in [-0.4, -0.2) is 15.7 Å². The van der Waals surface area contributed by atoms with Gasteiger partial charge < -0.3 is 15.0 Å². The molecule has 0 aliphatic carbocycles. The van der Waals surface area contributed by atoms with Gasteiger partial charge in [-0.05, 0) is 38.1 Å². The zero-order valence-electron chi connectivity index (χ0n) is 11.2. The summed E-state index contributed by atoms with van der Waals surface area (Å²) in [5, 5.41) is 8.92. The molecule has 0 atom stereocenters. The second-order valence-electron chi connectivity index (χ2n) is 4.53. The minimum absolute atomic E-state index is 0.139. The summed E-state index contributed by atoms with van der Waals surface area (Å²) in [7, 11) is 1.79. The highest BCUT2D eigenvalue weighted by molar-refractivity contribution is 5.63. The molecule has 0 aliphatic heterocycles. The van der Waals surface area contributed by atoms with Gasteiger partial charge in [-0.1, -0.05) is 0 Å². The predicted molar refractivity (Wildman–Crippen MR) is 73.5 cm³/mol. The summed E-state index contributed by atoms with van der Waals surface area (Å²) in [6.07, 6.45) is 0.139. The van der Waals surface area contributed by atoms with Gasteiger partial charge in [-0.2, -0.15) is 5.26 Å². The van der Waals surface area contributed by atoms with Crippen molar-refractivity contribution in [1.82, 2.24) is 9.55 Å². The standard InChI is InChI=1S/C14H16N4O/c1-9(2)19-11-6-4-10(5-7-11)14-17-12(8-15)13(16)18(14)3/h4-7,9H,16H2,1-3H3. The number of hydrogen-bond donors (Lipinski definition) is 1. The lowest BCUT2D eigenvalue weighted by molar-refractivity contribution is 0.242. The summed E-state index contributed by atoms with van der Waals surface area (Å²) < 4.78 is 7.29. The Morgan fingerprint density at radius 3 is 2.42 bits per heavy atom. The SMILES string of the molecule is CC(C)Oc1ccc(-c2nc(C#N)c(N)n2C)cc1. The first-order valence-corrected chi connectivity index (χ1v) is 6.02. The Labute approximate surface area is 112 Å². The van der Waals surface area contributed by atoms with Gasteiger partial charge in [0.05, 0.1) is 6.10 Å². The number of ether oxygens (including phenoxy) is 1. The van der Waals surface area contributed by atoms with E-state index in [9.17, 15) is 0 Å². The van der Waals surface area contributed by atoms with E-state index in [-0.39, 0.29) is 11.8 Å². The third-order valence-electron chi connectivity index (χ3n) is 2.73. The van der Waals surface area contributed by atoms with Crippen LogP contribution in [0.4, 0.5) is 5.82 Å². The van der Waals surface area contributed by atoms with E-state index in [0.717, 1.165) is 11.3 Å². The first-order valence-electron chi connectivity index (χ1n) is 6.02. The van der Waals surface area contributed by atoms with Crippen LogP contribution in [0.1, 0.15) is 19.5 Å². The molecule has 0 saturated heterocycles. The zero-order chi connectivity index (χ0) is 14.0.